The van der Waals surface area contributed by atoms with Crippen molar-refractivity contribution in [3.63, 3.8) is 0 Å². The highest BCUT2D eigenvalue weighted by molar-refractivity contribution is 9.10. The third-order valence-electron chi connectivity index (χ3n) is 2.84. The number of benzene rings is 1. The van der Waals surface area contributed by atoms with Crippen LogP contribution < -0.4 is 11.0 Å². The lowest BCUT2D eigenvalue weighted by Gasteiger charge is -2.05. The van der Waals surface area contributed by atoms with Crippen LogP contribution in [0.4, 0.5) is 5.69 Å². The summed E-state index contributed by atoms with van der Waals surface area (Å²) in [6, 6.07) is 9.16. The highest BCUT2D eigenvalue weighted by atomic mass is 79.9. The second-order valence-electron chi connectivity index (χ2n) is 4.21. The van der Waals surface area contributed by atoms with Crippen molar-refractivity contribution in [1.29, 1.82) is 5.26 Å². The van der Waals surface area contributed by atoms with Gasteiger partial charge < -0.3 is 5.11 Å². The summed E-state index contributed by atoms with van der Waals surface area (Å²) in [6.45, 7) is 1.58. The van der Waals surface area contributed by atoms with Crippen LogP contribution in [0, 0.1) is 18.3 Å². The number of aromatic amines is 1. The highest BCUT2D eigenvalue weighted by Crippen LogP contribution is 2.17. The van der Waals surface area contributed by atoms with Crippen molar-refractivity contribution in [2.24, 2.45) is 5.10 Å². The van der Waals surface area contributed by atoms with Gasteiger partial charge in [-0.1, -0.05) is 15.9 Å². The normalized spacial score (nSPS) is 10.5. The molecule has 0 aliphatic rings. The monoisotopic (exact) mass is 346 g/mol. The van der Waals surface area contributed by atoms with Gasteiger partial charge in [0, 0.05) is 4.47 Å². The fourth-order valence-electron chi connectivity index (χ4n) is 1.71. The molecule has 1 aromatic heterocycles. The van der Waals surface area contributed by atoms with E-state index in [1.54, 1.807) is 13.0 Å². The number of hydrogen-bond acceptors (Lipinski definition) is 5. The Bertz CT molecular complexity index is 788. The predicted molar refractivity (Wildman–Crippen MR) is 83.5 cm³/mol. The van der Waals surface area contributed by atoms with E-state index in [0.717, 1.165) is 10.2 Å². The van der Waals surface area contributed by atoms with E-state index in [0.29, 0.717) is 5.56 Å². The molecule has 3 N–H and O–H groups in total. The second kappa shape index (κ2) is 6.24. The lowest BCUT2D eigenvalue weighted by atomic mass is 10.1. The van der Waals surface area contributed by atoms with Crippen LogP contribution in [0.15, 0.2) is 38.6 Å². The Morgan fingerprint density at radius 3 is 2.71 bits per heavy atom. The Balaban J connectivity index is 2.27. The Kier molecular flexibility index (Phi) is 4.40. The highest BCUT2D eigenvalue weighted by Gasteiger charge is 2.12. The largest absolute Gasteiger partial charge is 0.494 e. The molecule has 0 bridgehead atoms. The first kappa shape index (κ1) is 14.8. The summed E-state index contributed by atoms with van der Waals surface area (Å²) in [5.74, 6) is -0.321. The lowest BCUT2D eigenvalue weighted by Crippen LogP contribution is -2.14. The fourth-order valence-corrected chi connectivity index (χ4v) is 1.97. The number of halogens is 1. The Morgan fingerprint density at radius 1 is 1.43 bits per heavy atom. The van der Waals surface area contributed by atoms with Gasteiger partial charge >= 0.3 is 0 Å². The maximum atomic E-state index is 11.5. The maximum Gasteiger partial charge on any atom is 0.268 e. The van der Waals surface area contributed by atoms with Gasteiger partial charge in [0.15, 0.2) is 0 Å². The van der Waals surface area contributed by atoms with Gasteiger partial charge in [0.2, 0.25) is 5.88 Å². The number of rotatable bonds is 3. The van der Waals surface area contributed by atoms with Crippen molar-refractivity contribution in [3.8, 4) is 11.9 Å². The molecular weight excluding hydrogens is 336 g/mol. The Morgan fingerprint density at radius 2 is 2.10 bits per heavy atom. The predicted octanol–water partition coefficient (Wildman–Crippen LogP) is 2.47. The molecule has 21 heavy (non-hydrogen) atoms. The summed E-state index contributed by atoms with van der Waals surface area (Å²) >= 11 is 3.33. The smallest absolute Gasteiger partial charge is 0.268 e. The number of nitrogens with zero attached hydrogens (tertiary/aromatic N) is 2. The van der Waals surface area contributed by atoms with Crippen molar-refractivity contribution in [1.82, 2.24) is 4.98 Å². The van der Waals surface area contributed by atoms with E-state index in [2.05, 4.69) is 31.4 Å². The number of nitrogens with one attached hydrogen (secondary N) is 2. The number of pyridine rings is 1. The van der Waals surface area contributed by atoms with E-state index in [1.165, 1.54) is 6.21 Å². The van der Waals surface area contributed by atoms with Crippen LogP contribution in [0.5, 0.6) is 5.88 Å². The van der Waals surface area contributed by atoms with Gasteiger partial charge in [0.05, 0.1) is 17.5 Å². The first-order chi connectivity index (χ1) is 10.0. The van der Waals surface area contributed by atoms with Crippen molar-refractivity contribution in [2.45, 2.75) is 6.92 Å². The standard InChI is InChI=1S/C14H11BrN4O2/c1-8-11(6-16)13(20)18-14(21)12(8)7-17-19-10-4-2-9(15)3-5-10/h2-5,7,19H,1H3,(H2,18,20,21). The zero-order valence-corrected chi connectivity index (χ0v) is 12.6. The lowest BCUT2D eigenvalue weighted by molar-refractivity contribution is 0.450. The third-order valence-corrected chi connectivity index (χ3v) is 3.37. The molecule has 0 radical (unpaired) electrons. The van der Waals surface area contributed by atoms with Gasteiger partial charge in [-0.15, -0.1) is 0 Å². The van der Waals surface area contributed by atoms with E-state index in [1.807, 2.05) is 24.3 Å². The zero-order chi connectivity index (χ0) is 15.4. The molecule has 0 fully saturated rings. The van der Waals surface area contributed by atoms with Crippen LogP contribution in [-0.4, -0.2) is 16.3 Å². The maximum absolute atomic E-state index is 11.5. The van der Waals surface area contributed by atoms with Gasteiger partial charge in [0.1, 0.15) is 11.6 Å². The quantitative estimate of drug-likeness (QED) is 0.586. The van der Waals surface area contributed by atoms with Gasteiger partial charge in [0.25, 0.3) is 5.56 Å². The number of aromatic hydroxyl groups is 1. The van der Waals surface area contributed by atoms with Crippen LogP contribution in [0.2, 0.25) is 0 Å². The average molecular weight is 347 g/mol. The second-order valence-corrected chi connectivity index (χ2v) is 5.12. The van der Waals surface area contributed by atoms with Crippen molar-refractivity contribution in [2.75, 3.05) is 5.43 Å². The summed E-state index contributed by atoms with van der Waals surface area (Å²) in [5.41, 5.74) is 3.55. The number of anilines is 1. The summed E-state index contributed by atoms with van der Waals surface area (Å²) in [4.78, 5) is 13.7. The molecule has 106 valence electrons. The molecule has 1 aromatic carbocycles. The van der Waals surface area contributed by atoms with E-state index in [9.17, 15) is 9.90 Å². The number of nitriles is 1. The molecule has 0 amide bonds. The van der Waals surface area contributed by atoms with Gasteiger partial charge in [-0.2, -0.15) is 10.4 Å². The van der Waals surface area contributed by atoms with E-state index in [-0.39, 0.29) is 17.0 Å². The Labute approximate surface area is 128 Å². The topological polar surface area (TPSA) is 101 Å². The summed E-state index contributed by atoms with van der Waals surface area (Å²) in [6.07, 6.45) is 1.35. The van der Waals surface area contributed by atoms with Crippen molar-refractivity contribution >= 4 is 27.8 Å². The molecule has 2 aromatic rings. The van der Waals surface area contributed by atoms with Crippen LogP contribution in [-0.2, 0) is 0 Å². The summed E-state index contributed by atoms with van der Waals surface area (Å²) in [5, 5.41) is 22.6. The molecule has 7 heteroatoms. The molecule has 1 heterocycles. The minimum Gasteiger partial charge on any atom is -0.494 e. The zero-order valence-electron chi connectivity index (χ0n) is 11.0. The molecule has 0 saturated heterocycles. The average Bonchev–Trinajstić information content (AvgIpc) is 2.44. The minimum absolute atomic E-state index is 0.0436. The molecule has 0 aliphatic heterocycles. The van der Waals surface area contributed by atoms with Crippen LogP contribution in [0.3, 0.4) is 0 Å². The van der Waals surface area contributed by atoms with Gasteiger partial charge in [-0.3, -0.25) is 15.2 Å². The molecule has 0 atom stereocenters. The first-order valence-electron chi connectivity index (χ1n) is 5.93. The number of hydrogen-bond donors (Lipinski definition) is 3. The summed E-state index contributed by atoms with van der Waals surface area (Å²) in [7, 11) is 0. The van der Waals surface area contributed by atoms with E-state index < -0.39 is 5.56 Å². The summed E-state index contributed by atoms with van der Waals surface area (Å²) < 4.78 is 0.949. The third kappa shape index (κ3) is 3.30. The fraction of sp³-hybridized carbons (Fsp3) is 0.0714. The van der Waals surface area contributed by atoms with Crippen molar-refractivity contribution < 1.29 is 5.11 Å². The molecule has 0 spiro atoms. The van der Waals surface area contributed by atoms with E-state index in [4.69, 9.17) is 5.26 Å². The van der Waals surface area contributed by atoms with Gasteiger partial charge in [-0.05, 0) is 36.8 Å². The molecule has 0 unspecified atom stereocenters. The minimum atomic E-state index is -0.620. The van der Waals surface area contributed by atoms with Gasteiger partial charge in [-0.25, -0.2) is 0 Å². The molecule has 2 rings (SSSR count). The number of H-pyrrole nitrogens is 1. The van der Waals surface area contributed by atoms with Crippen LogP contribution in [0.25, 0.3) is 0 Å². The van der Waals surface area contributed by atoms with Crippen molar-refractivity contribution in [3.05, 3.63) is 55.8 Å². The number of hydrazone groups is 1. The number of aromatic nitrogens is 1. The molecule has 0 aliphatic carbocycles. The van der Waals surface area contributed by atoms with E-state index >= 15 is 0 Å². The van der Waals surface area contributed by atoms with Crippen LogP contribution >= 0.6 is 15.9 Å². The molecule has 6 nitrogen and oxygen atoms in total. The van der Waals surface area contributed by atoms with Crippen LogP contribution in [0.1, 0.15) is 16.7 Å². The molecule has 0 saturated carbocycles. The first-order valence-corrected chi connectivity index (χ1v) is 6.73. The Hall–Kier alpha value is -2.59. The molecular formula is C14H11BrN4O2. The SMILES string of the molecule is Cc1c(C=NNc2ccc(Br)cc2)c(O)[nH]c(=O)c1C#N.